The van der Waals surface area contributed by atoms with E-state index >= 15 is 0 Å². The molecule has 5 rings (SSSR count). The summed E-state index contributed by atoms with van der Waals surface area (Å²) in [5.41, 5.74) is -0.515. The van der Waals surface area contributed by atoms with Crippen LogP contribution in [-0.2, 0) is 14.6 Å². The van der Waals surface area contributed by atoms with E-state index in [0.717, 1.165) is 18.9 Å². The van der Waals surface area contributed by atoms with Crippen molar-refractivity contribution in [3.63, 3.8) is 0 Å². The molecular formula is C26H33FN4O6S. The highest BCUT2D eigenvalue weighted by Gasteiger charge is 2.46. The van der Waals surface area contributed by atoms with E-state index in [1.54, 1.807) is 0 Å². The number of methoxy groups -OCH3 is 1. The predicted octanol–water partition coefficient (Wildman–Crippen LogP) is 4.61. The maximum absolute atomic E-state index is 14.9. The molecule has 1 aromatic heterocycles. The van der Waals surface area contributed by atoms with Crippen molar-refractivity contribution in [3.8, 4) is 11.6 Å². The Morgan fingerprint density at radius 3 is 2.37 bits per heavy atom. The van der Waals surface area contributed by atoms with Crippen LogP contribution in [0, 0.1) is 5.82 Å². The van der Waals surface area contributed by atoms with E-state index in [4.69, 9.17) is 14.2 Å². The standard InChI is InChI=1S/C26H33FN4O6S/c1-26(2,3)37-25(32)31-15-5-6-16(31)12-17(11-15)36-24-22(35-4)23(28-14-29-24)30-21-10-9-19(13-20(21)27)38(33,34)18-7-8-18/h9-10,13-18H,5-8,11-12H2,1-4H3,(H,28,29,30)/t15-,16?,17?/m0/s1. The second kappa shape index (κ2) is 9.87. The lowest BCUT2D eigenvalue weighted by atomic mass is 10.0. The van der Waals surface area contributed by atoms with Crippen LogP contribution in [0.5, 0.6) is 11.6 Å². The number of piperidine rings is 1. The monoisotopic (exact) mass is 548 g/mol. The lowest BCUT2D eigenvalue weighted by Gasteiger charge is -2.39. The van der Waals surface area contributed by atoms with Gasteiger partial charge in [0.05, 0.1) is 22.9 Å². The van der Waals surface area contributed by atoms with Gasteiger partial charge in [-0.25, -0.2) is 22.6 Å². The van der Waals surface area contributed by atoms with Crippen molar-refractivity contribution in [2.45, 2.75) is 93.2 Å². The van der Waals surface area contributed by atoms with E-state index in [1.807, 2.05) is 25.7 Å². The van der Waals surface area contributed by atoms with Gasteiger partial charge < -0.3 is 24.4 Å². The molecule has 0 radical (unpaired) electrons. The van der Waals surface area contributed by atoms with Crippen molar-refractivity contribution < 1.29 is 31.8 Å². The Bertz CT molecular complexity index is 1310. The molecule has 3 heterocycles. The summed E-state index contributed by atoms with van der Waals surface area (Å²) >= 11 is 0. The third kappa shape index (κ3) is 5.36. The maximum Gasteiger partial charge on any atom is 0.410 e. The SMILES string of the molecule is COc1c(Nc2ccc(S(=O)(=O)C3CC3)cc2F)ncnc1OC1CC2CC[C@@H](C1)N2C(=O)OC(C)(C)C. The molecule has 3 aliphatic rings. The van der Waals surface area contributed by atoms with Crippen LogP contribution in [0.1, 0.15) is 59.3 Å². The van der Waals surface area contributed by atoms with E-state index < -0.39 is 26.5 Å². The lowest BCUT2D eigenvalue weighted by Crippen LogP contribution is -2.50. The Morgan fingerprint density at radius 1 is 1.11 bits per heavy atom. The van der Waals surface area contributed by atoms with Crippen molar-refractivity contribution in [1.82, 2.24) is 14.9 Å². The summed E-state index contributed by atoms with van der Waals surface area (Å²) in [6.45, 7) is 5.56. The first-order chi connectivity index (χ1) is 18.0. The first-order valence-electron chi connectivity index (χ1n) is 12.8. The fourth-order valence-corrected chi connectivity index (χ4v) is 6.85. The molecule has 2 unspecified atom stereocenters. The van der Waals surface area contributed by atoms with Gasteiger partial charge in [0.25, 0.3) is 5.88 Å². The number of amides is 1. The van der Waals surface area contributed by atoms with Gasteiger partial charge >= 0.3 is 6.09 Å². The fourth-order valence-electron chi connectivity index (χ4n) is 5.18. The van der Waals surface area contributed by atoms with Gasteiger partial charge in [0.15, 0.2) is 15.7 Å². The Hall–Kier alpha value is -3.15. The second-order valence-corrected chi connectivity index (χ2v) is 13.3. The van der Waals surface area contributed by atoms with E-state index in [-0.39, 0.29) is 52.3 Å². The Kier molecular flexibility index (Phi) is 6.87. The molecule has 3 atom stereocenters. The number of halogens is 1. The normalized spacial score (nSPS) is 23.2. The summed E-state index contributed by atoms with van der Waals surface area (Å²) in [5.74, 6) is -0.138. The number of benzene rings is 1. The molecule has 3 fully saturated rings. The summed E-state index contributed by atoms with van der Waals surface area (Å²) in [6, 6.07) is 3.81. The number of nitrogens with zero attached hydrogens (tertiary/aromatic N) is 3. The number of nitrogens with one attached hydrogen (secondary N) is 1. The van der Waals surface area contributed by atoms with Crippen LogP contribution in [0.25, 0.3) is 0 Å². The van der Waals surface area contributed by atoms with E-state index in [0.29, 0.717) is 25.7 Å². The largest absolute Gasteiger partial charge is 0.489 e. The summed E-state index contributed by atoms with van der Waals surface area (Å²) in [6.07, 6.45) is 4.99. The van der Waals surface area contributed by atoms with Crippen LogP contribution < -0.4 is 14.8 Å². The van der Waals surface area contributed by atoms with E-state index in [2.05, 4.69) is 15.3 Å². The van der Waals surface area contributed by atoms with Gasteiger partial charge in [-0.3, -0.25) is 0 Å². The summed E-state index contributed by atoms with van der Waals surface area (Å²) in [7, 11) is -2.07. The van der Waals surface area contributed by atoms with Crippen LogP contribution in [0.4, 0.5) is 20.7 Å². The van der Waals surface area contributed by atoms with Gasteiger partial charge in [-0.2, -0.15) is 4.98 Å². The number of hydrogen-bond donors (Lipinski definition) is 1. The molecular weight excluding hydrogens is 515 g/mol. The number of sulfone groups is 1. The molecule has 2 bridgehead atoms. The summed E-state index contributed by atoms with van der Waals surface area (Å²) in [4.78, 5) is 23.0. The molecule has 1 amide bonds. The molecule has 2 aliphatic heterocycles. The van der Waals surface area contributed by atoms with Crippen molar-refractivity contribution >= 4 is 27.4 Å². The Labute approximate surface area is 221 Å². The number of carbonyl (C=O) groups is 1. The quantitative estimate of drug-likeness (QED) is 0.529. The predicted molar refractivity (Wildman–Crippen MR) is 137 cm³/mol. The molecule has 0 spiro atoms. The number of fused-ring (bicyclic) bond motifs is 2. The highest BCUT2D eigenvalue weighted by atomic mass is 32.2. The van der Waals surface area contributed by atoms with Crippen LogP contribution >= 0.6 is 0 Å². The zero-order valence-electron chi connectivity index (χ0n) is 21.9. The topological polar surface area (TPSA) is 120 Å². The molecule has 1 saturated carbocycles. The fraction of sp³-hybridized carbons (Fsp3) is 0.577. The molecule has 38 heavy (non-hydrogen) atoms. The van der Waals surface area contributed by atoms with Crippen molar-refractivity contribution in [1.29, 1.82) is 0 Å². The smallest absolute Gasteiger partial charge is 0.410 e. The Morgan fingerprint density at radius 2 is 1.79 bits per heavy atom. The number of carbonyl (C=O) groups excluding carboxylic acids is 1. The van der Waals surface area contributed by atoms with Gasteiger partial charge in [-0.15, -0.1) is 0 Å². The molecule has 12 heteroatoms. The number of ether oxygens (including phenoxy) is 3. The molecule has 1 N–H and O–H groups in total. The molecule has 1 aliphatic carbocycles. The molecule has 1 aromatic carbocycles. The van der Waals surface area contributed by atoms with Crippen molar-refractivity contribution in [3.05, 3.63) is 30.3 Å². The number of hydrogen-bond acceptors (Lipinski definition) is 9. The zero-order valence-corrected chi connectivity index (χ0v) is 22.8. The highest BCUT2D eigenvalue weighted by molar-refractivity contribution is 7.92. The van der Waals surface area contributed by atoms with Gasteiger partial charge in [-0.05, 0) is 64.7 Å². The molecule has 206 valence electrons. The zero-order chi connectivity index (χ0) is 27.2. The first kappa shape index (κ1) is 26.5. The lowest BCUT2D eigenvalue weighted by molar-refractivity contribution is -0.00793. The summed E-state index contributed by atoms with van der Waals surface area (Å²) in [5, 5.41) is 2.45. The molecule has 2 saturated heterocycles. The average molecular weight is 549 g/mol. The van der Waals surface area contributed by atoms with Gasteiger partial charge in [0.1, 0.15) is 23.8 Å². The first-order valence-corrected chi connectivity index (χ1v) is 14.4. The van der Waals surface area contributed by atoms with Crippen LogP contribution in [-0.4, -0.2) is 65.5 Å². The average Bonchev–Trinajstić information content (AvgIpc) is 3.65. The third-order valence-corrected chi connectivity index (χ3v) is 9.29. The van der Waals surface area contributed by atoms with Crippen LogP contribution in [0.15, 0.2) is 29.4 Å². The molecule has 2 aromatic rings. The number of anilines is 2. The highest BCUT2D eigenvalue weighted by Crippen LogP contribution is 2.41. The number of rotatable bonds is 7. The third-order valence-electron chi connectivity index (χ3n) is 7.03. The van der Waals surface area contributed by atoms with Gasteiger partial charge in [0.2, 0.25) is 5.75 Å². The van der Waals surface area contributed by atoms with E-state index in [1.165, 1.54) is 25.6 Å². The van der Waals surface area contributed by atoms with Crippen LogP contribution in [0.2, 0.25) is 0 Å². The van der Waals surface area contributed by atoms with Crippen molar-refractivity contribution in [2.24, 2.45) is 0 Å². The minimum atomic E-state index is -3.51. The van der Waals surface area contributed by atoms with Crippen molar-refractivity contribution in [2.75, 3.05) is 12.4 Å². The minimum absolute atomic E-state index is 0.0126. The van der Waals surface area contributed by atoms with Gasteiger partial charge in [0, 0.05) is 24.9 Å². The minimum Gasteiger partial charge on any atom is -0.489 e. The van der Waals surface area contributed by atoms with Gasteiger partial charge in [-0.1, -0.05) is 0 Å². The maximum atomic E-state index is 14.9. The van der Waals surface area contributed by atoms with Crippen LogP contribution in [0.3, 0.4) is 0 Å². The summed E-state index contributed by atoms with van der Waals surface area (Å²) < 4.78 is 57.1. The number of aromatic nitrogens is 2. The molecule has 10 nitrogen and oxygen atoms in total. The Balaban J connectivity index is 1.30. The van der Waals surface area contributed by atoms with E-state index in [9.17, 15) is 17.6 Å². The second-order valence-electron chi connectivity index (χ2n) is 11.1.